The van der Waals surface area contributed by atoms with E-state index in [1.165, 1.54) is 37.7 Å². The molecule has 168 valence electrons. The van der Waals surface area contributed by atoms with Crippen molar-refractivity contribution in [2.24, 2.45) is 10.4 Å². The van der Waals surface area contributed by atoms with E-state index in [4.69, 9.17) is 21.3 Å². The maximum Gasteiger partial charge on any atom is 0.191 e. The molecule has 2 fully saturated rings. The number of aliphatic imine (C=N–C) groups is 1. The molecule has 1 saturated heterocycles. The predicted octanol–water partition coefficient (Wildman–Crippen LogP) is 4.28. The van der Waals surface area contributed by atoms with Gasteiger partial charge in [-0.25, -0.2) is 0 Å². The average Bonchev–Trinajstić information content (AvgIpc) is 2.77. The molecular formula is C24H38ClN3O2. The molecule has 1 saturated carbocycles. The third-order valence-corrected chi connectivity index (χ3v) is 7.19. The number of nitrogens with one attached hydrogen (secondary N) is 2. The van der Waals surface area contributed by atoms with Gasteiger partial charge in [0.05, 0.1) is 0 Å². The van der Waals surface area contributed by atoms with Gasteiger partial charge in [-0.05, 0) is 62.1 Å². The van der Waals surface area contributed by atoms with Gasteiger partial charge in [-0.15, -0.1) is 0 Å². The smallest absolute Gasteiger partial charge is 0.191 e. The zero-order valence-electron chi connectivity index (χ0n) is 18.4. The molecule has 0 unspecified atom stereocenters. The average molecular weight is 436 g/mol. The maximum atomic E-state index is 9.61. The molecule has 1 aliphatic heterocycles. The summed E-state index contributed by atoms with van der Waals surface area (Å²) in [5, 5.41) is 17.4. The zero-order valence-corrected chi connectivity index (χ0v) is 19.1. The summed E-state index contributed by atoms with van der Waals surface area (Å²) in [4.78, 5) is 4.98. The Balaban J connectivity index is 1.73. The van der Waals surface area contributed by atoms with Crippen molar-refractivity contribution in [1.29, 1.82) is 0 Å². The molecule has 0 aromatic heterocycles. The van der Waals surface area contributed by atoms with E-state index >= 15 is 0 Å². The molecule has 1 heterocycles. The zero-order chi connectivity index (χ0) is 21.3. The molecule has 0 bridgehead atoms. The number of benzene rings is 1. The summed E-state index contributed by atoms with van der Waals surface area (Å²) in [6.07, 6.45) is 8.91. The molecule has 1 aromatic rings. The number of aliphatic hydroxyl groups excluding tert-OH is 1. The third kappa shape index (κ3) is 6.12. The van der Waals surface area contributed by atoms with E-state index in [2.05, 4.69) is 29.7 Å². The SMILES string of the molecule is CCNC(=NCC1(CCO)CCCCC1)NCC1(c2cccc(Cl)c2)CCOCC1. The van der Waals surface area contributed by atoms with Gasteiger partial charge >= 0.3 is 0 Å². The van der Waals surface area contributed by atoms with Crippen molar-refractivity contribution in [3.63, 3.8) is 0 Å². The highest BCUT2D eigenvalue weighted by Crippen LogP contribution is 2.39. The van der Waals surface area contributed by atoms with E-state index < -0.39 is 0 Å². The maximum absolute atomic E-state index is 9.61. The fraction of sp³-hybridized carbons (Fsp3) is 0.708. The number of halogens is 1. The second-order valence-corrected chi connectivity index (χ2v) is 9.42. The van der Waals surface area contributed by atoms with Crippen LogP contribution < -0.4 is 10.6 Å². The Morgan fingerprint density at radius 1 is 1.13 bits per heavy atom. The summed E-state index contributed by atoms with van der Waals surface area (Å²) in [5.41, 5.74) is 1.41. The Labute approximate surface area is 186 Å². The third-order valence-electron chi connectivity index (χ3n) is 6.95. The van der Waals surface area contributed by atoms with E-state index in [-0.39, 0.29) is 17.4 Å². The number of rotatable bonds is 8. The molecule has 0 atom stereocenters. The molecule has 2 aliphatic rings. The lowest BCUT2D eigenvalue weighted by Gasteiger charge is -2.39. The van der Waals surface area contributed by atoms with Gasteiger partial charge in [-0.1, -0.05) is 43.0 Å². The molecule has 0 spiro atoms. The number of ether oxygens (including phenoxy) is 1. The van der Waals surface area contributed by atoms with Crippen LogP contribution in [0, 0.1) is 5.41 Å². The first kappa shape index (κ1) is 23.4. The van der Waals surface area contributed by atoms with Crippen molar-refractivity contribution in [2.75, 3.05) is 39.5 Å². The molecule has 1 aliphatic carbocycles. The first-order chi connectivity index (χ1) is 14.6. The topological polar surface area (TPSA) is 65.9 Å². The molecule has 5 nitrogen and oxygen atoms in total. The number of nitrogens with zero attached hydrogens (tertiary/aromatic N) is 1. The van der Waals surface area contributed by atoms with Gasteiger partial charge in [-0.2, -0.15) is 0 Å². The van der Waals surface area contributed by atoms with Crippen LogP contribution >= 0.6 is 11.6 Å². The Morgan fingerprint density at radius 3 is 2.57 bits per heavy atom. The Hall–Kier alpha value is -1.30. The van der Waals surface area contributed by atoms with Crippen molar-refractivity contribution >= 4 is 17.6 Å². The summed E-state index contributed by atoms with van der Waals surface area (Å²) in [7, 11) is 0. The second-order valence-electron chi connectivity index (χ2n) is 8.99. The Bertz CT molecular complexity index is 677. The minimum atomic E-state index is -0.00698. The van der Waals surface area contributed by atoms with Gasteiger partial charge in [0, 0.05) is 49.9 Å². The van der Waals surface area contributed by atoms with Crippen LogP contribution in [0.5, 0.6) is 0 Å². The van der Waals surface area contributed by atoms with Gasteiger partial charge < -0.3 is 20.5 Å². The quantitative estimate of drug-likeness (QED) is 0.421. The monoisotopic (exact) mass is 435 g/mol. The summed E-state index contributed by atoms with van der Waals surface area (Å²) in [5.74, 6) is 0.869. The highest BCUT2D eigenvalue weighted by Gasteiger charge is 2.35. The van der Waals surface area contributed by atoms with Gasteiger partial charge in [0.1, 0.15) is 0 Å². The molecule has 1 aromatic carbocycles. The lowest BCUT2D eigenvalue weighted by atomic mass is 9.72. The minimum absolute atomic E-state index is 0.00698. The number of hydrogen-bond donors (Lipinski definition) is 3. The summed E-state index contributed by atoms with van der Waals surface area (Å²) in [6, 6.07) is 8.25. The number of guanidine groups is 1. The van der Waals surface area contributed by atoms with Crippen LogP contribution in [0.2, 0.25) is 5.02 Å². The van der Waals surface area contributed by atoms with Crippen molar-refractivity contribution in [1.82, 2.24) is 10.6 Å². The molecule has 0 amide bonds. The van der Waals surface area contributed by atoms with Crippen molar-refractivity contribution in [3.05, 3.63) is 34.9 Å². The molecule has 3 N–H and O–H groups in total. The van der Waals surface area contributed by atoms with E-state index in [0.717, 1.165) is 63.1 Å². The van der Waals surface area contributed by atoms with Crippen LogP contribution in [0.25, 0.3) is 0 Å². The lowest BCUT2D eigenvalue weighted by molar-refractivity contribution is 0.0513. The summed E-state index contributed by atoms with van der Waals surface area (Å²) < 4.78 is 5.67. The van der Waals surface area contributed by atoms with Crippen molar-refractivity contribution in [3.8, 4) is 0 Å². The first-order valence-corrected chi connectivity index (χ1v) is 12.0. The van der Waals surface area contributed by atoms with E-state index in [1.807, 2.05) is 12.1 Å². The van der Waals surface area contributed by atoms with Crippen LogP contribution in [-0.4, -0.2) is 50.5 Å². The fourth-order valence-corrected chi connectivity index (χ4v) is 5.21. The minimum Gasteiger partial charge on any atom is -0.396 e. The van der Waals surface area contributed by atoms with Gasteiger partial charge in [0.15, 0.2) is 5.96 Å². The number of hydrogen-bond acceptors (Lipinski definition) is 3. The molecule has 6 heteroatoms. The first-order valence-electron chi connectivity index (χ1n) is 11.6. The number of aliphatic hydroxyl groups is 1. The molecule has 30 heavy (non-hydrogen) atoms. The van der Waals surface area contributed by atoms with Crippen LogP contribution in [0.1, 0.15) is 63.9 Å². The summed E-state index contributed by atoms with van der Waals surface area (Å²) in [6.45, 7) is 6.28. The normalized spacial score (nSPS) is 21.2. The van der Waals surface area contributed by atoms with Gasteiger partial charge in [-0.3, -0.25) is 4.99 Å². The highest BCUT2D eigenvalue weighted by molar-refractivity contribution is 6.30. The van der Waals surface area contributed by atoms with Crippen LogP contribution in [-0.2, 0) is 10.2 Å². The van der Waals surface area contributed by atoms with Gasteiger partial charge in [0.2, 0.25) is 0 Å². The summed E-state index contributed by atoms with van der Waals surface area (Å²) >= 11 is 6.31. The van der Waals surface area contributed by atoms with Crippen molar-refractivity contribution in [2.45, 2.75) is 63.7 Å². The highest BCUT2D eigenvalue weighted by atomic mass is 35.5. The largest absolute Gasteiger partial charge is 0.396 e. The van der Waals surface area contributed by atoms with Crippen molar-refractivity contribution < 1.29 is 9.84 Å². The van der Waals surface area contributed by atoms with E-state index in [9.17, 15) is 5.11 Å². The molecule has 0 radical (unpaired) electrons. The van der Waals surface area contributed by atoms with Crippen LogP contribution in [0.3, 0.4) is 0 Å². The van der Waals surface area contributed by atoms with Crippen LogP contribution in [0.4, 0.5) is 0 Å². The second kappa shape index (κ2) is 11.4. The van der Waals surface area contributed by atoms with Crippen LogP contribution in [0.15, 0.2) is 29.3 Å². The van der Waals surface area contributed by atoms with Gasteiger partial charge in [0.25, 0.3) is 0 Å². The fourth-order valence-electron chi connectivity index (χ4n) is 5.02. The molecule has 3 rings (SSSR count). The Morgan fingerprint density at radius 2 is 1.90 bits per heavy atom. The lowest BCUT2D eigenvalue weighted by Crippen LogP contribution is -2.48. The van der Waals surface area contributed by atoms with E-state index in [1.54, 1.807) is 0 Å². The standard InChI is InChI=1S/C24H38ClN3O2/c1-2-26-22(27-18-23(11-14-29)9-4-3-5-10-23)28-19-24(12-15-30-16-13-24)20-7-6-8-21(25)17-20/h6-8,17,29H,2-5,9-16,18-19H2,1H3,(H2,26,27,28). The Kier molecular flexibility index (Phi) is 8.84. The van der Waals surface area contributed by atoms with E-state index in [0.29, 0.717) is 0 Å². The molecular weight excluding hydrogens is 398 g/mol. The predicted molar refractivity (Wildman–Crippen MR) is 124 cm³/mol.